The van der Waals surface area contributed by atoms with E-state index in [4.69, 9.17) is 9.97 Å². The maximum Gasteiger partial charge on any atom is 0.210 e. The summed E-state index contributed by atoms with van der Waals surface area (Å²) in [5.74, 6) is 2.54. The van der Waals surface area contributed by atoms with Crippen LogP contribution in [0.3, 0.4) is 0 Å². The van der Waals surface area contributed by atoms with E-state index in [1.54, 1.807) is 12.1 Å². The Morgan fingerprint density at radius 2 is 1.78 bits per heavy atom. The first-order chi connectivity index (χ1) is 15.7. The average Bonchev–Trinajstić information content (AvgIpc) is 3.43. The average molecular weight is 449 g/mol. The van der Waals surface area contributed by atoms with Crippen LogP contribution in [0, 0.1) is 5.82 Å². The number of pyridine rings is 1. The van der Waals surface area contributed by atoms with Gasteiger partial charge in [-0.3, -0.25) is 4.40 Å². The molecular formula is C24H25FN6S. The molecule has 2 fully saturated rings. The molecule has 1 aliphatic carbocycles. The summed E-state index contributed by atoms with van der Waals surface area (Å²) in [6, 6.07) is 10.7. The van der Waals surface area contributed by atoms with Crippen molar-refractivity contribution < 1.29 is 4.39 Å². The molecule has 1 saturated heterocycles. The molecule has 6 nitrogen and oxygen atoms in total. The quantitative estimate of drug-likeness (QED) is 0.460. The Hall–Kier alpha value is -2.84. The van der Waals surface area contributed by atoms with E-state index in [9.17, 15) is 4.39 Å². The number of rotatable bonds is 5. The molecule has 0 atom stereocenters. The van der Waals surface area contributed by atoms with Crippen LogP contribution < -0.4 is 10.2 Å². The van der Waals surface area contributed by atoms with Crippen molar-refractivity contribution in [3.05, 3.63) is 59.7 Å². The third kappa shape index (κ3) is 3.57. The molecule has 0 radical (unpaired) electrons. The largest absolute Gasteiger partial charge is 0.317 e. The van der Waals surface area contributed by atoms with Gasteiger partial charge >= 0.3 is 0 Å². The van der Waals surface area contributed by atoms with Crippen LogP contribution in [0.4, 0.5) is 15.3 Å². The molecule has 2 aliphatic rings. The first kappa shape index (κ1) is 19.8. The number of halogens is 1. The van der Waals surface area contributed by atoms with E-state index >= 15 is 0 Å². The third-order valence-corrected chi connectivity index (χ3v) is 7.33. The fourth-order valence-corrected chi connectivity index (χ4v) is 5.24. The van der Waals surface area contributed by atoms with Gasteiger partial charge in [-0.2, -0.15) is 9.36 Å². The third-order valence-electron chi connectivity index (χ3n) is 6.54. The number of benzene rings is 1. The van der Waals surface area contributed by atoms with E-state index in [1.807, 2.05) is 7.05 Å². The number of fused-ring (bicyclic) bond motifs is 1. The topological polar surface area (TPSA) is 58.4 Å². The van der Waals surface area contributed by atoms with Gasteiger partial charge in [0.1, 0.15) is 17.3 Å². The molecule has 4 aromatic rings. The Balaban J connectivity index is 1.40. The normalized spacial score (nSPS) is 17.2. The van der Waals surface area contributed by atoms with E-state index in [0.717, 1.165) is 53.8 Å². The first-order valence-corrected chi connectivity index (χ1v) is 12.0. The fraction of sp³-hybridized carbons (Fsp3) is 0.375. The van der Waals surface area contributed by atoms with E-state index in [-0.39, 0.29) is 5.82 Å². The van der Waals surface area contributed by atoms with Gasteiger partial charge in [-0.1, -0.05) is 6.07 Å². The molecule has 1 aromatic carbocycles. The summed E-state index contributed by atoms with van der Waals surface area (Å²) in [7, 11) is 2.04. The number of hydrogen-bond donors (Lipinski definition) is 1. The molecule has 0 amide bonds. The number of imidazole rings is 1. The molecule has 6 rings (SSSR count). The molecular weight excluding hydrogens is 423 g/mol. The summed E-state index contributed by atoms with van der Waals surface area (Å²) in [4.78, 5) is 11.9. The van der Waals surface area contributed by atoms with E-state index in [1.165, 1.54) is 42.1 Å². The zero-order valence-electron chi connectivity index (χ0n) is 18.0. The van der Waals surface area contributed by atoms with Gasteiger partial charge in [0.25, 0.3) is 0 Å². The highest BCUT2D eigenvalue weighted by atomic mass is 32.1. The second-order valence-electron chi connectivity index (χ2n) is 8.78. The van der Waals surface area contributed by atoms with Gasteiger partial charge < -0.3 is 10.2 Å². The van der Waals surface area contributed by atoms with Crippen LogP contribution in [0.25, 0.3) is 17.0 Å². The van der Waals surface area contributed by atoms with Crippen LogP contribution >= 0.6 is 11.5 Å². The lowest BCUT2D eigenvalue weighted by molar-refractivity contribution is 0.459. The molecule has 3 aromatic heterocycles. The van der Waals surface area contributed by atoms with Gasteiger partial charge in [-0.25, -0.2) is 9.37 Å². The van der Waals surface area contributed by atoms with Crippen molar-refractivity contribution in [1.29, 1.82) is 0 Å². The zero-order valence-corrected chi connectivity index (χ0v) is 18.8. The molecule has 1 saturated carbocycles. The first-order valence-electron chi connectivity index (χ1n) is 11.2. The maximum absolute atomic E-state index is 13.3. The molecule has 0 unspecified atom stereocenters. The minimum Gasteiger partial charge on any atom is -0.317 e. The minimum absolute atomic E-state index is 0.259. The molecule has 1 N–H and O–H groups in total. The van der Waals surface area contributed by atoms with Gasteiger partial charge in [-0.05, 0) is 80.6 Å². The Morgan fingerprint density at radius 3 is 2.53 bits per heavy atom. The summed E-state index contributed by atoms with van der Waals surface area (Å²) < 4.78 is 20.1. The van der Waals surface area contributed by atoms with Crippen molar-refractivity contribution >= 4 is 28.1 Å². The number of nitrogens with zero attached hydrogens (tertiary/aromatic N) is 5. The van der Waals surface area contributed by atoms with E-state index < -0.39 is 0 Å². The fourth-order valence-electron chi connectivity index (χ4n) is 4.59. The summed E-state index contributed by atoms with van der Waals surface area (Å²) in [5.41, 5.74) is 4.32. The molecule has 8 heteroatoms. The number of hydrogen-bond acceptors (Lipinski definition) is 6. The van der Waals surface area contributed by atoms with Crippen molar-refractivity contribution in [2.75, 3.05) is 25.0 Å². The summed E-state index contributed by atoms with van der Waals surface area (Å²) in [6.07, 6.45) is 6.97. The zero-order chi connectivity index (χ0) is 21.7. The number of nitrogens with one attached hydrogen (secondary N) is 1. The van der Waals surface area contributed by atoms with Crippen molar-refractivity contribution in [2.45, 2.75) is 37.5 Å². The predicted molar refractivity (Wildman–Crippen MR) is 125 cm³/mol. The van der Waals surface area contributed by atoms with Gasteiger partial charge in [0.05, 0.1) is 5.69 Å². The molecule has 0 bridgehead atoms. The van der Waals surface area contributed by atoms with Crippen molar-refractivity contribution in [2.24, 2.45) is 0 Å². The summed E-state index contributed by atoms with van der Waals surface area (Å²) in [5, 5.41) is 4.26. The van der Waals surface area contributed by atoms with Crippen LogP contribution in [-0.2, 0) is 0 Å². The molecule has 164 valence electrons. The lowest BCUT2D eigenvalue weighted by Gasteiger charge is -2.23. The summed E-state index contributed by atoms with van der Waals surface area (Å²) >= 11 is 1.36. The van der Waals surface area contributed by atoms with Crippen LogP contribution in [0.15, 0.2) is 42.6 Å². The van der Waals surface area contributed by atoms with Gasteiger partial charge in [0.2, 0.25) is 5.13 Å². The molecule has 1 aliphatic heterocycles. The number of anilines is 2. The Morgan fingerprint density at radius 1 is 1.00 bits per heavy atom. The van der Waals surface area contributed by atoms with Crippen molar-refractivity contribution in [3.63, 3.8) is 0 Å². The van der Waals surface area contributed by atoms with Gasteiger partial charge in [0, 0.05) is 36.3 Å². The van der Waals surface area contributed by atoms with E-state index in [2.05, 4.69) is 37.3 Å². The second-order valence-corrected chi connectivity index (χ2v) is 9.51. The highest BCUT2D eigenvalue weighted by Gasteiger charge is 2.33. The predicted octanol–water partition coefficient (Wildman–Crippen LogP) is 5.10. The van der Waals surface area contributed by atoms with Crippen LogP contribution in [0.5, 0.6) is 0 Å². The SMILES string of the molecule is CN(c1nc(-c2ccc(F)cc2)ns1)c1c(C2CC2)nc2ccc(C3CCNCC3)cn12. The molecule has 32 heavy (non-hydrogen) atoms. The van der Waals surface area contributed by atoms with Gasteiger partial charge in [0.15, 0.2) is 5.82 Å². The molecule has 0 spiro atoms. The monoisotopic (exact) mass is 448 g/mol. The van der Waals surface area contributed by atoms with Gasteiger partial charge in [-0.15, -0.1) is 0 Å². The second kappa shape index (κ2) is 7.94. The lowest BCUT2D eigenvalue weighted by Crippen LogP contribution is -2.26. The molecule has 4 heterocycles. The maximum atomic E-state index is 13.3. The smallest absolute Gasteiger partial charge is 0.210 e. The Labute approximate surface area is 190 Å². The number of piperidine rings is 1. The highest BCUT2D eigenvalue weighted by Crippen LogP contribution is 2.45. The minimum atomic E-state index is -0.259. The summed E-state index contributed by atoms with van der Waals surface area (Å²) in [6.45, 7) is 2.15. The van der Waals surface area contributed by atoms with Crippen LogP contribution in [-0.4, -0.2) is 38.9 Å². The van der Waals surface area contributed by atoms with Crippen LogP contribution in [0.1, 0.15) is 48.8 Å². The van der Waals surface area contributed by atoms with E-state index in [0.29, 0.717) is 17.7 Å². The number of aromatic nitrogens is 4. The lowest BCUT2D eigenvalue weighted by atomic mass is 9.91. The Kier molecular flexibility index (Phi) is 4.91. The Bertz CT molecular complexity index is 1250. The van der Waals surface area contributed by atoms with Crippen molar-refractivity contribution in [3.8, 4) is 11.4 Å². The van der Waals surface area contributed by atoms with Crippen LogP contribution in [0.2, 0.25) is 0 Å². The standard InChI is InChI=1S/C24H25FN6S/c1-30(24-28-22(29-32-24)17-4-7-19(25)8-5-17)23-21(16-2-3-16)27-20-9-6-18(14-31(20)23)15-10-12-26-13-11-15/h4-9,14-16,26H,2-3,10-13H2,1H3. The highest BCUT2D eigenvalue weighted by molar-refractivity contribution is 7.10. The van der Waals surface area contributed by atoms with Crippen molar-refractivity contribution in [1.82, 2.24) is 24.1 Å².